The lowest BCUT2D eigenvalue weighted by Crippen LogP contribution is -2.46. The molecule has 4 rings (SSSR count). The van der Waals surface area contributed by atoms with Gasteiger partial charge in [0.1, 0.15) is 11.4 Å². The number of halogens is 1. The molecular weight excluding hydrogens is 497 g/mol. The first-order valence-electron chi connectivity index (χ1n) is 12.4. The van der Waals surface area contributed by atoms with Gasteiger partial charge in [-0.3, -0.25) is 15.1 Å². The summed E-state index contributed by atoms with van der Waals surface area (Å²) in [6.45, 7) is 7.13. The Morgan fingerprint density at radius 1 is 1.21 bits per heavy atom. The molecule has 1 fully saturated rings. The van der Waals surface area contributed by atoms with Gasteiger partial charge >= 0.3 is 11.9 Å². The first-order chi connectivity index (χ1) is 18.0. The standard InChI is InChI=1S/C27H32FN3O7/c1-26(2,3)38-25(32)30-13-9-18(10-14-30)17-36-23-16-20-19(15-22(23)35-4)21(8-12-29-20)37-24-7-5-6-11-27(24,28)31(33)34/h5-8,11-12,15-16,18,24H,9-10,13-14,17H2,1-4H3. The van der Waals surface area contributed by atoms with Gasteiger partial charge in [0.15, 0.2) is 11.5 Å². The first kappa shape index (κ1) is 27.2. The van der Waals surface area contributed by atoms with Gasteiger partial charge in [0.05, 0.1) is 24.2 Å². The minimum atomic E-state index is -2.89. The largest absolute Gasteiger partial charge is 0.493 e. The summed E-state index contributed by atoms with van der Waals surface area (Å²) >= 11 is 0. The van der Waals surface area contributed by atoms with Gasteiger partial charge < -0.3 is 23.8 Å². The molecule has 11 heteroatoms. The highest BCUT2D eigenvalue weighted by Crippen LogP contribution is 2.38. The number of carbonyl (C=O) groups excluding carboxylic acids is 1. The van der Waals surface area contributed by atoms with Crippen LogP contribution in [0.4, 0.5) is 9.18 Å². The Bertz CT molecular complexity index is 1250. The molecule has 1 saturated heterocycles. The third kappa shape index (κ3) is 5.98. The lowest BCUT2D eigenvalue weighted by molar-refractivity contribution is -0.598. The van der Waals surface area contributed by atoms with Crippen molar-refractivity contribution in [3.05, 3.63) is 58.8 Å². The minimum Gasteiger partial charge on any atom is -0.493 e. The highest BCUT2D eigenvalue weighted by atomic mass is 19.1. The average Bonchev–Trinajstić information content (AvgIpc) is 2.87. The number of alkyl halides is 1. The Hall–Kier alpha value is -3.89. The third-order valence-corrected chi connectivity index (χ3v) is 6.39. The maximum Gasteiger partial charge on any atom is 0.417 e. The van der Waals surface area contributed by atoms with Crippen molar-refractivity contribution in [3.8, 4) is 17.2 Å². The number of hydrogen-bond acceptors (Lipinski definition) is 8. The number of amides is 1. The van der Waals surface area contributed by atoms with E-state index in [1.54, 1.807) is 17.0 Å². The van der Waals surface area contributed by atoms with Gasteiger partial charge in [-0.2, -0.15) is 4.39 Å². The predicted molar refractivity (Wildman–Crippen MR) is 138 cm³/mol. The Kier molecular flexibility index (Phi) is 7.75. The molecule has 0 spiro atoms. The number of allylic oxidation sites excluding steroid dienone is 2. The second kappa shape index (κ2) is 10.8. The summed E-state index contributed by atoms with van der Waals surface area (Å²) in [6, 6.07) is 4.88. The zero-order valence-electron chi connectivity index (χ0n) is 21.9. The molecule has 0 saturated carbocycles. The zero-order chi connectivity index (χ0) is 27.5. The molecule has 0 radical (unpaired) electrons. The number of piperidine rings is 1. The molecule has 10 nitrogen and oxygen atoms in total. The van der Waals surface area contributed by atoms with Crippen LogP contribution in [0.1, 0.15) is 33.6 Å². The predicted octanol–water partition coefficient (Wildman–Crippen LogP) is 5.09. The maximum atomic E-state index is 15.0. The summed E-state index contributed by atoms with van der Waals surface area (Å²) in [5.74, 6) is -1.53. The van der Waals surface area contributed by atoms with Gasteiger partial charge in [-0.1, -0.05) is 12.2 Å². The number of nitro groups is 1. The molecule has 1 aromatic carbocycles. The van der Waals surface area contributed by atoms with Crippen LogP contribution >= 0.6 is 0 Å². The molecule has 204 valence electrons. The van der Waals surface area contributed by atoms with E-state index in [9.17, 15) is 14.9 Å². The molecule has 0 bridgehead atoms. The quantitative estimate of drug-likeness (QED) is 0.277. The summed E-state index contributed by atoms with van der Waals surface area (Å²) in [6.07, 6.45) is 6.22. The van der Waals surface area contributed by atoms with Crippen molar-refractivity contribution in [2.24, 2.45) is 5.92 Å². The number of aromatic nitrogens is 1. The van der Waals surface area contributed by atoms with Gasteiger partial charge in [0.2, 0.25) is 6.10 Å². The summed E-state index contributed by atoms with van der Waals surface area (Å²) in [7, 11) is 1.50. The Balaban J connectivity index is 1.45. The first-order valence-corrected chi connectivity index (χ1v) is 12.4. The number of nitrogens with zero attached hydrogens (tertiary/aromatic N) is 3. The van der Waals surface area contributed by atoms with E-state index in [1.165, 1.54) is 37.6 Å². The molecule has 2 unspecified atom stereocenters. The SMILES string of the molecule is COc1cc2c(OC3C=CC=CC3(F)[N+](=O)[O-])ccnc2cc1OCC1CCN(C(=O)OC(C)(C)C)CC1. The zero-order valence-corrected chi connectivity index (χ0v) is 21.9. The van der Waals surface area contributed by atoms with E-state index in [1.807, 2.05) is 20.8 Å². The lowest BCUT2D eigenvalue weighted by Gasteiger charge is -2.33. The topological polar surface area (TPSA) is 113 Å². The number of pyridine rings is 1. The molecule has 0 N–H and O–H groups in total. The van der Waals surface area contributed by atoms with Crippen molar-refractivity contribution < 1.29 is 33.1 Å². The van der Waals surface area contributed by atoms with Crippen molar-refractivity contribution in [1.82, 2.24) is 9.88 Å². The second-order valence-corrected chi connectivity index (χ2v) is 10.3. The number of carbonyl (C=O) groups is 1. The van der Waals surface area contributed by atoms with Crippen LogP contribution in [0, 0.1) is 16.0 Å². The molecule has 2 aliphatic rings. The van der Waals surface area contributed by atoms with E-state index in [-0.39, 0.29) is 17.8 Å². The second-order valence-electron chi connectivity index (χ2n) is 10.3. The molecule has 1 aliphatic carbocycles. The molecular formula is C27H32FN3O7. The van der Waals surface area contributed by atoms with E-state index in [2.05, 4.69) is 4.98 Å². The fraction of sp³-hybridized carbons (Fsp3) is 0.481. The summed E-state index contributed by atoms with van der Waals surface area (Å²) in [4.78, 5) is 28.8. The van der Waals surface area contributed by atoms with Gasteiger partial charge in [-0.15, -0.1) is 0 Å². The van der Waals surface area contributed by atoms with E-state index < -0.39 is 22.4 Å². The van der Waals surface area contributed by atoms with Gasteiger partial charge in [-0.05, 0) is 57.7 Å². The smallest absolute Gasteiger partial charge is 0.417 e. The van der Waals surface area contributed by atoms with Gasteiger partial charge in [0.25, 0.3) is 0 Å². The van der Waals surface area contributed by atoms with Crippen molar-refractivity contribution in [3.63, 3.8) is 0 Å². The number of benzene rings is 1. The minimum absolute atomic E-state index is 0.225. The van der Waals surface area contributed by atoms with Crippen LogP contribution in [0.25, 0.3) is 10.9 Å². The van der Waals surface area contributed by atoms with Gasteiger partial charge in [0, 0.05) is 36.8 Å². The summed E-state index contributed by atoms with van der Waals surface area (Å²) < 4.78 is 37.9. The highest BCUT2D eigenvalue weighted by Gasteiger charge is 2.51. The fourth-order valence-electron chi connectivity index (χ4n) is 4.33. The van der Waals surface area contributed by atoms with E-state index in [4.69, 9.17) is 18.9 Å². The van der Waals surface area contributed by atoms with Crippen molar-refractivity contribution in [2.75, 3.05) is 26.8 Å². The molecule has 2 aromatic rings. The van der Waals surface area contributed by atoms with Crippen LogP contribution in [-0.2, 0) is 4.74 Å². The Morgan fingerprint density at radius 3 is 2.61 bits per heavy atom. The molecule has 1 aliphatic heterocycles. The summed E-state index contributed by atoms with van der Waals surface area (Å²) in [5.41, 5.74) is -0.0345. The molecule has 1 amide bonds. The van der Waals surface area contributed by atoms with Crippen LogP contribution < -0.4 is 14.2 Å². The van der Waals surface area contributed by atoms with Crippen molar-refractivity contribution in [2.45, 2.75) is 51.1 Å². The Morgan fingerprint density at radius 2 is 1.95 bits per heavy atom. The fourth-order valence-corrected chi connectivity index (χ4v) is 4.33. The monoisotopic (exact) mass is 529 g/mol. The molecule has 1 aromatic heterocycles. The van der Waals surface area contributed by atoms with E-state index in [0.29, 0.717) is 42.1 Å². The highest BCUT2D eigenvalue weighted by molar-refractivity contribution is 5.88. The van der Waals surface area contributed by atoms with E-state index >= 15 is 4.39 Å². The van der Waals surface area contributed by atoms with Crippen LogP contribution in [0.15, 0.2) is 48.7 Å². The molecule has 2 atom stereocenters. The number of ether oxygens (including phenoxy) is 4. The molecule has 2 heterocycles. The number of hydrogen-bond donors (Lipinski definition) is 0. The van der Waals surface area contributed by atoms with E-state index in [0.717, 1.165) is 18.9 Å². The number of rotatable bonds is 7. The number of fused-ring (bicyclic) bond motifs is 1. The van der Waals surface area contributed by atoms with Crippen molar-refractivity contribution >= 4 is 17.0 Å². The summed E-state index contributed by atoms with van der Waals surface area (Å²) in [5, 5.41) is 11.9. The van der Waals surface area contributed by atoms with Crippen LogP contribution in [0.3, 0.4) is 0 Å². The molecule has 38 heavy (non-hydrogen) atoms. The van der Waals surface area contributed by atoms with Crippen LogP contribution in [-0.4, -0.2) is 65.2 Å². The maximum absolute atomic E-state index is 15.0. The van der Waals surface area contributed by atoms with Crippen LogP contribution in [0.2, 0.25) is 0 Å². The normalized spacial score (nSPS) is 21.8. The number of likely N-dealkylation sites (tertiary alicyclic amines) is 1. The van der Waals surface area contributed by atoms with Gasteiger partial charge in [-0.25, -0.2) is 4.79 Å². The van der Waals surface area contributed by atoms with Crippen molar-refractivity contribution in [1.29, 1.82) is 0 Å². The lowest BCUT2D eigenvalue weighted by atomic mass is 9.98. The number of methoxy groups -OCH3 is 1. The van der Waals surface area contributed by atoms with Crippen LogP contribution in [0.5, 0.6) is 17.2 Å². The average molecular weight is 530 g/mol. The Labute approximate surface area is 220 Å². The third-order valence-electron chi connectivity index (χ3n) is 6.39.